The van der Waals surface area contributed by atoms with Gasteiger partial charge in [0.05, 0.1) is 6.61 Å². The van der Waals surface area contributed by atoms with Gasteiger partial charge in [-0.3, -0.25) is 0 Å². The number of rotatable bonds is 4. The van der Waals surface area contributed by atoms with E-state index in [9.17, 15) is 0 Å². The van der Waals surface area contributed by atoms with E-state index in [0.29, 0.717) is 5.92 Å². The first-order valence-corrected chi connectivity index (χ1v) is 9.60. The van der Waals surface area contributed by atoms with E-state index in [4.69, 9.17) is 25.8 Å². The Balaban J connectivity index is 1.38. The van der Waals surface area contributed by atoms with Gasteiger partial charge in [-0.15, -0.1) is 0 Å². The molecule has 26 heavy (non-hydrogen) atoms. The third kappa shape index (κ3) is 2.81. The molecular formula is C21H22ClNO3. The molecule has 0 spiro atoms. The second-order valence-corrected chi connectivity index (χ2v) is 8.02. The molecule has 5 heteroatoms. The Morgan fingerprint density at radius 3 is 2.81 bits per heavy atom. The minimum absolute atomic E-state index is 0.155. The van der Waals surface area contributed by atoms with E-state index in [1.165, 1.54) is 24.9 Å². The Morgan fingerprint density at radius 2 is 1.92 bits per heavy atom. The van der Waals surface area contributed by atoms with E-state index in [2.05, 4.69) is 17.0 Å². The Morgan fingerprint density at radius 1 is 1.08 bits per heavy atom. The largest absolute Gasteiger partial charge is 0.493 e. The third-order valence-corrected chi connectivity index (χ3v) is 6.33. The fraction of sp³-hybridized carbons (Fsp3) is 0.429. The highest BCUT2D eigenvalue weighted by atomic mass is 35.5. The number of nitrogens with zero attached hydrogens (tertiary/aromatic N) is 1. The lowest BCUT2D eigenvalue weighted by Crippen LogP contribution is -2.43. The van der Waals surface area contributed by atoms with Crippen LogP contribution in [0.4, 0.5) is 0 Å². The van der Waals surface area contributed by atoms with E-state index in [-0.39, 0.29) is 12.2 Å². The highest BCUT2D eigenvalue weighted by Crippen LogP contribution is 2.49. The molecule has 3 aliphatic rings. The van der Waals surface area contributed by atoms with Gasteiger partial charge in [0, 0.05) is 23.0 Å². The van der Waals surface area contributed by atoms with Crippen LogP contribution in [0.2, 0.25) is 5.02 Å². The second kappa shape index (κ2) is 6.36. The predicted octanol–water partition coefficient (Wildman–Crippen LogP) is 4.33. The normalized spacial score (nSPS) is 29.0. The lowest BCUT2D eigenvalue weighted by atomic mass is 9.69. The van der Waals surface area contributed by atoms with Gasteiger partial charge < -0.3 is 19.1 Å². The molecule has 3 atom stereocenters. The SMILES string of the molecule is Clc1ccc(C2CCN3CCC2(COc2ccc4c(c2)OCO4)C3)cc1. The van der Waals surface area contributed by atoms with E-state index in [1.54, 1.807) is 0 Å². The maximum Gasteiger partial charge on any atom is 0.231 e. The summed E-state index contributed by atoms with van der Waals surface area (Å²) in [5.74, 6) is 2.92. The van der Waals surface area contributed by atoms with E-state index >= 15 is 0 Å². The summed E-state index contributed by atoms with van der Waals surface area (Å²) >= 11 is 6.10. The molecule has 0 aliphatic carbocycles. The molecule has 2 saturated heterocycles. The topological polar surface area (TPSA) is 30.9 Å². The Kier molecular flexibility index (Phi) is 3.98. The molecule has 2 aromatic carbocycles. The summed E-state index contributed by atoms with van der Waals surface area (Å²) in [7, 11) is 0. The average molecular weight is 372 g/mol. The standard InChI is InChI=1S/C21H22ClNO3/c22-16-3-1-15(2-4-16)18-7-9-23-10-8-21(18,12-23)13-24-17-5-6-19-20(11-17)26-14-25-19/h1-6,11,18H,7-10,12-14H2. The van der Waals surface area contributed by atoms with Crippen LogP contribution in [0.25, 0.3) is 0 Å². The van der Waals surface area contributed by atoms with Crippen LogP contribution in [-0.2, 0) is 0 Å². The van der Waals surface area contributed by atoms with Crippen LogP contribution in [0, 0.1) is 5.41 Å². The van der Waals surface area contributed by atoms with Gasteiger partial charge in [0.15, 0.2) is 11.5 Å². The minimum Gasteiger partial charge on any atom is -0.493 e. The van der Waals surface area contributed by atoms with Crippen molar-refractivity contribution < 1.29 is 14.2 Å². The van der Waals surface area contributed by atoms with Crippen LogP contribution in [0.15, 0.2) is 42.5 Å². The molecular weight excluding hydrogens is 350 g/mol. The third-order valence-electron chi connectivity index (χ3n) is 6.08. The van der Waals surface area contributed by atoms with Gasteiger partial charge in [0.25, 0.3) is 0 Å². The van der Waals surface area contributed by atoms with Gasteiger partial charge >= 0.3 is 0 Å². The van der Waals surface area contributed by atoms with Gasteiger partial charge in [0.1, 0.15) is 5.75 Å². The fourth-order valence-corrected chi connectivity index (χ4v) is 4.83. The van der Waals surface area contributed by atoms with Crippen molar-refractivity contribution in [1.82, 2.24) is 4.90 Å². The Bertz CT molecular complexity index is 809. The van der Waals surface area contributed by atoms with Gasteiger partial charge in [-0.05, 0) is 61.7 Å². The number of fused-ring (bicyclic) bond motifs is 3. The zero-order valence-corrected chi connectivity index (χ0v) is 15.4. The van der Waals surface area contributed by atoms with Crippen LogP contribution >= 0.6 is 11.6 Å². The molecule has 0 radical (unpaired) electrons. The molecule has 2 fully saturated rings. The first-order valence-electron chi connectivity index (χ1n) is 9.22. The maximum absolute atomic E-state index is 6.28. The molecule has 5 rings (SSSR count). The van der Waals surface area contributed by atoms with Crippen LogP contribution in [0.5, 0.6) is 17.2 Å². The Hall–Kier alpha value is -1.91. The van der Waals surface area contributed by atoms with Crippen molar-refractivity contribution >= 4 is 11.6 Å². The summed E-state index contributed by atoms with van der Waals surface area (Å²) in [5, 5.41) is 0.795. The van der Waals surface area contributed by atoms with E-state index in [1.807, 2.05) is 30.3 Å². The zero-order valence-electron chi connectivity index (χ0n) is 14.6. The highest BCUT2D eigenvalue weighted by Gasteiger charge is 2.48. The number of piperidine rings is 1. The lowest BCUT2D eigenvalue weighted by Gasteiger charge is -2.41. The second-order valence-electron chi connectivity index (χ2n) is 7.59. The number of benzene rings is 2. The summed E-state index contributed by atoms with van der Waals surface area (Å²) in [4.78, 5) is 2.56. The number of ether oxygens (including phenoxy) is 3. The summed E-state index contributed by atoms with van der Waals surface area (Å²) < 4.78 is 17.1. The lowest BCUT2D eigenvalue weighted by molar-refractivity contribution is 0.0827. The monoisotopic (exact) mass is 371 g/mol. The summed E-state index contributed by atoms with van der Waals surface area (Å²) in [6, 6.07) is 14.2. The first-order chi connectivity index (χ1) is 12.7. The fourth-order valence-electron chi connectivity index (χ4n) is 4.70. The van der Waals surface area contributed by atoms with Crippen molar-refractivity contribution in [3.8, 4) is 17.2 Å². The van der Waals surface area contributed by atoms with Crippen molar-refractivity contribution in [2.24, 2.45) is 5.41 Å². The van der Waals surface area contributed by atoms with Gasteiger partial charge in [-0.2, -0.15) is 0 Å². The molecule has 0 aromatic heterocycles. The van der Waals surface area contributed by atoms with Crippen molar-refractivity contribution in [3.63, 3.8) is 0 Å². The highest BCUT2D eigenvalue weighted by molar-refractivity contribution is 6.30. The first kappa shape index (κ1) is 16.3. The summed E-state index contributed by atoms with van der Waals surface area (Å²) in [5.41, 5.74) is 1.54. The van der Waals surface area contributed by atoms with Crippen LogP contribution in [0.1, 0.15) is 24.3 Å². The molecule has 3 aliphatic heterocycles. The van der Waals surface area contributed by atoms with Gasteiger partial charge in [0.2, 0.25) is 6.79 Å². The molecule has 3 heterocycles. The molecule has 3 unspecified atom stereocenters. The number of hydrogen-bond acceptors (Lipinski definition) is 4. The molecule has 2 aromatic rings. The zero-order chi connectivity index (χ0) is 17.6. The van der Waals surface area contributed by atoms with Crippen LogP contribution in [0.3, 0.4) is 0 Å². The van der Waals surface area contributed by atoms with Gasteiger partial charge in [-0.25, -0.2) is 0 Å². The van der Waals surface area contributed by atoms with Crippen molar-refractivity contribution in [1.29, 1.82) is 0 Å². The molecule has 2 bridgehead atoms. The average Bonchev–Trinajstić information content (AvgIpc) is 3.26. The van der Waals surface area contributed by atoms with Gasteiger partial charge in [-0.1, -0.05) is 23.7 Å². The van der Waals surface area contributed by atoms with Crippen LogP contribution in [-0.4, -0.2) is 37.9 Å². The van der Waals surface area contributed by atoms with Crippen molar-refractivity contribution in [2.45, 2.75) is 18.8 Å². The maximum atomic E-state index is 6.28. The summed E-state index contributed by atoms with van der Waals surface area (Å²) in [6.45, 7) is 4.44. The number of hydrogen-bond donors (Lipinski definition) is 0. The van der Waals surface area contributed by atoms with Crippen molar-refractivity contribution in [3.05, 3.63) is 53.1 Å². The quantitative estimate of drug-likeness (QED) is 0.800. The smallest absolute Gasteiger partial charge is 0.231 e. The molecule has 136 valence electrons. The van der Waals surface area contributed by atoms with E-state index in [0.717, 1.165) is 42.0 Å². The summed E-state index contributed by atoms with van der Waals surface area (Å²) in [6.07, 6.45) is 2.34. The van der Waals surface area contributed by atoms with Crippen molar-refractivity contribution in [2.75, 3.05) is 33.0 Å². The molecule has 4 nitrogen and oxygen atoms in total. The molecule has 0 amide bonds. The Labute approximate surface area is 158 Å². The minimum atomic E-state index is 0.155. The number of halogens is 1. The molecule has 0 N–H and O–H groups in total. The van der Waals surface area contributed by atoms with Crippen LogP contribution < -0.4 is 14.2 Å². The van der Waals surface area contributed by atoms with E-state index < -0.39 is 0 Å². The molecule has 0 saturated carbocycles. The predicted molar refractivity (Wildman–Crippen MR) is 100 cm³/mol.